The Labute approximate surface area is 102 Å². The molecule has 1 aromatic heterocycles. The first-order chi connectivity index (χ1) is 6.97. The molecule has 1 aromatic rings. The van der Waals surface area contributed by atoms with E-state index in [4.69, 9.17) is 40.5 Å². The Hall–Kier alpha value is -0.320. The molecule has 0 aliphatic heterocycles. The highest BCUT2D eigenvalue weighted by Crippen LogP contribution is 2.38. The first-order valence-corrected chi connectivity index (χ1v) is 5.69. The first-order valence-electron chi connectivity index (χ1n) is 4.55. The van der Waals surface area contributed by atoms with Gasteiger partial charge in [0.05, 0.1) is 0 Å². The van der Waals surface area contributed by atoms with Crippen LogP contribution in [0.15, 0.2) is 0 Å². The first kappa shape index (κ1) is 11.2. The van der Waals surface area contributed by atoms with Gasteiger partial charge in [-0.25, -0.2) is 4.98 Å². The van der Waals surface area contributed by atoms with Gasteiger partial charge in [0, 0.05) is 5.92 Å². The van der Waals surface area contributed by atoms with Gasteiger partial charge < -0.3 is 5.73 Å². The van der Waals surface area contributed by atoms with Crippen molar-refractivity contribution in [3.05, 3.63) is 11.6 Å². The molecule has 1 saturated carbocycles. The summed E-state index contributed by atoms with van der Waals surface area (Å²) in [5, 5.41) is 0. The molecule has 0 bridgehead atoms. The number of alkyl halides is 3. The van der Waals surface area contributed by atoms with E-state index in [2.05, 4.69) is 15.0 Å². The Balaban J connectivity index is 2.36. The summed E-state index contributed by atoms with van der Waals surface area (Å²) in [6.45, 7) is 0. The van der Waals surface area contributed by atoms with Gasteiger partial charge in [0.15, 0.2) is 5.82 Å². The Morgan fingerprint density at radius 2 is 1.80 bits per heavy atom. The van der Waals surface area contributed by atoms with E-state index in [1.165, 1.54) is 6.42 Å². The number of hydrogen-bond acceptors (Lipinski definition) is 4. The zero-order chi connectivity index (χ0) is 11.1. The monoisotopic (exact) mass is 266 g/mol. The molecule has 0 amide bonds. The molecule has 0 saturated heterocycles. The zero-order valence-corrected chi connectivity index (χ0v) is 10.0. The third-order valence-corrected chi connectivity index (χ3v) is 2.90. The van der Waals surface area contributed by atoms with E-state index in [0.717, 1.165) is 12.8 Å². The minimum absolute atomic E-state index is 0.0990. The van der Waals surface area contributed by atoms with E-state index in [0.29, 0.717) is 11.7 Å². The molecule has 0 atom stereocenters. The molecule has 0 unspecified atom stereocenters. The summed E-state index contributed by atoms with van der Waals surface area (Å²) in [5.74, 6) is 1.17. The number of nitrogens with two attached hydrogens (primary N) is 1. The van der Waals surface area contributed by atoms with Gasteiger partial charge >= 0.3 is 0 Å². The zero-order valence-electron chi connectivity index (χ0n) is 7.75. The lowest BCUT2D eigenvalue weighted by molar-refractivity contribution is 0.399. The van der Waals surface area contributed by atoms with Crippen molar-refractivity contribution in [1.82, 2.24) is 15.0 Å². The summed E-state index contributed by atoms with van der Waals surface area (Å²) in [6.07, 6.45) is 3.30. The average molecular weight is 268 g/mol. The molecular weight excluding hydrogens is 258 g/mol. The van der Waals surface area contributed by atoms with Gasteiger partial charge in [-0.1, -0.05) is 41.2 Å². The lowest BCUT2D eigenvalue weighted by Gasteiger charge is -2.24. The van der Waals surface area contributed by atoms with Crippen molar-refractivity contribution in [1.29, 1.82) is 0 Å². The quantitative estimate of drug-likeness (QED) is 0.794. The fourth-order valence-corrected chi connectivity index (χ4v) is 1.64. The summed E-state index contributed by atoms with van der Waals surface area (Å²) in [6, 6.07) is 0. The van der Waals surface area contributed by atoms with Crippen LogP contribution in [0.3, 0.4) is 0 Å². The largest absolute Gasteiger partial charge is 0.368 e. The minimum atomic E-state index is -1.64. The normalized spacial score (nSPS) is 17.5. The molecule has 0 spiro atoms. The maximum Gasteiger partial charge on any atom is 0.250 e. The number of hydrogen-bond donors (Lipinski definition) is 1. The fourth-order valence-electron chi connectivity index (χ4n) is 1.39. The van der Waals surface area contributed by atoms with Crippen molar-refractivity contribution in [2.24, 2.45) is 0 Å². The van der Waals surface area contributed by atoms with Crippen LogP contribution in [0.4, 0.5) is 5.95 Å². The Morgan fingerprint density at radius 3 is 2.27 bits per heavy atom. The van der Waals surface area contributed by atoms with Gasteiger partial charge in [-0.05, 0) is 12.8 Å². The molecule has 7 heteroatoms. The van der Waals surface area contributed by atoms with Crippen LogP contribution in [0.25, 0.3) is 0 Å². The Kier molecular flexibility index (Phi) is 2.92. The van der Waals surface area contributed by atoms with E-state index >= 15 is 0 Å². The molecule has 4 nitrogen and oxygen atoms in total. The molecule has 1 aliphatic rings. The lowest BCUT2D eigenvalue weighted by Crippen LogP contribution is -2.18. The van der Waals surface area contributed by atoms with Gasteiger partial charge in [0.2, 0.25) is 9.74 Å². The van der Waals surface area contributed by atoms with Crippen LogP contribution >= 0.6 is 34.8 Å². The van der Waals surface area contributed by atoms with Crippen LogP contribution in [0.1, 0.15) is 36.8 Å². The molecule has 0 radical (unpaired) electrons. The lowest BCUT2D eigenvalue weighted by atomic mass is 9.85. The van der Waals surface area contributed by atoms with Gasteiger partial charge in [-0.2, -0.15) is 9.97 Å². The fraction of sp³-hybridized carbons (Fsp3) is 0.625. The second-order valence-electron chi connectivity index (χ2n) is 3.50. The number of nitrogen functional groups attached to an aromatic ring is 1. The maximum atomic E-state index is 5.69. The predicted molar refractivity (Wildman–Crippen MR) is 60.1 cm³/mol. The SMILES string of the molecule is Nc1nc(C2CCC2)nc(C(Cl)(Cl)Cl)n1. The van der Waals surface area contributed by atoms with Crippen LogP contribution in [0.2, 0.25) is 0 Å². The standard InChI is InChI=1S/C8H9Cl3N4/c9-8(10,11)6-13-5(4-2-1-3-4)14-7(12)15-6/h4H,1-3H2,(H2,12,13,14,15). The van der Waals surface area contributed by atoms with Crippen molar-refractivity contribution in [2.45, 2.75) is 29.0 Å². The van der Waals surface area contributed by atoms with Crippen LogP contribution in [-0.4, -0.2) is 15.0 Å². The molecule has 1 aliphatic carbocycles. The van der Waals surface area contributed by atoms with E-state index in [1.807, 2.05) is 0 Å². The van der Waals surface area contributed by atoms with Crippen molar-refractivity contribution in [3.8, 4) is 0 Å². The van der Waals surface area contributed by atoms with E-state index in [1.54, 1.807) is 0 Å². The molecule has 2 N–H and O–H groups in total. The molecule has 15 heavy (non-hydrogen) atoms. The second kappa shape index (κ2) is 3.92. The van der Waals surface area contributed by atoms with Gasteiger partial charge in [0.1, 0.15) is 5.82 Å². The number of aromatic nitrogens is 3. The molecule has 1 heterocycles. The van der Waals surface area contributed by atoms with Crippen LogP contribution in [-0.2, 0) is 3.79 Å². The van der Waals surface area contributed by atoms with Crippen molar-refractivity contribution >= 4 is 40.8 Å². The van der Waals surface area contributed by atoms with E-state index in [9.17, 15) is 0 Å². The van der Waals surface area contributed by atoms with Crippen molar-refractivity contribution < 1.29 is 0 Å². The summed E-state index contributed by atoms with van der Waals surface area (Å²) in [4.78, 5) is 12.0. The van der Waals surface area contributed by atoms with Gasteiger partial charge in [-0.3, -0.25) is 0 Å². The summed E-state index contributed by atoms with van der Waals surface area (Å²) < 4.78 is -1.64. The predicted octanol–water partition coefficient (Wildman–Crippen LogP) is 2.55. The topological polar surface area (TPSA) is 64.7 Å². The Bertz CT molecular complexity index is 373. The summed E-state index contributed by atoms with van der Waals surface area (Å²) >= 11 is 17.1. The van der Waals surface area contributed by atoms with Gasteiger partial charge in [0.25, 0.3) is 0 Å². The number of rotatable bonds is 1. The van der Waals surface area contributed by atoms with E-state index in [-0.39, 0.29) is 11.8 Å². The number of anilines is 1. The van der Waals surface area contributed by atoms with Crippen molar-refractivity contribution in [2.75, 3.05) is 5.73 Å². The number of halogens is 3. The molecule has 0 aromatic carbocycles. The van der Waals surface area contributed by atoms with Crippen molar-refractivity contribution in [3.63, 3.8) is 0 Å². The number of nitrogens with zero attached hydrogens (tertiary/aromatic N) is 3. The highest BCUT2D eigenvalue weighted by atomic mass is 35.6. The highest BCUT2D eigenvalue weighted by Gasteiger charge is 2.30. The maximum absolute atomic E-state index is 5.69. The van der Waals surface area contributed by atoms with Crippen LogP contribution < -0.4 is 5.73 Å². The molecule has 2 rings (SSSR count). The summed E-state index contributed by atoms with van der Waals surface area (Å²) in [7, 11) is 0. The third-order valence-electron chi connectivity index (χ3n) is 2.39. The van der Waals surface area contributed by atoms with Crippen LogP contribution in [0, 0.1) is 0 Å². The molecular formula is C8H9Cl3N4. The summed E-state index contributed by atoms with van der Waals surface area (Å²) in [5.41, 5.74) is 5.53. The highest BCUT2D eigenvalue weighted by molar-refractivity contribution is 6.66. The smallest absolute Gasteiger partial charge is 0.250 e. The van der Waals surface area contributed by atoms with Crippen LogP contribution in [0.5, 0.6) is 0 Å². The third kappa shape index (κ3) is 2.44. The average Bonchev–Trinajstić information content (AvgIpc) is 1.97. The molecule has 1 fully saturated rings. The second-order valence-corrected chi connectivity index (χ2v) is 5.78. The van der Waals surface area contributed by atoms with E-state index < -0.39 is 3.79 Å². The van der Waals surface area contributed by atoms with Gasteiger partial charge in [-0.15, -0.1) is 0 Å². The Morgan fingerprint density at radius 1 is 1.13 bits per heavy atom. The molecule has 82 valence electrons. The minimum Gasteiger partial charge on any atom is -0.368 e.